The van der Waals surface area contributed by atoms with Gasteiger partial charge in [-0.05, 0) is 30.2 Å². The van der Waals surface area contributed by atoms with Gasteiger partial charge in [0.15, 0.2) is 0 Å². The number of halogens is 3. The number of anilines is 2. The monoisotopic (exact) mass is 286 g/mol. The van der Waals surface area contributed by atoms with Crippen LogP contribution in [0.3, 0.4) is 0 Å². The van der Waals surface area contributed by atoms with E-state index >= 15 is 0 Å². The molecule has 2 rings (SSSR count). The Hall–Kier alpha value is -2.05. The molecule has 4 nitrogen and oxygen atoms in total. The molecule has 0 aromatic heterocycles. The first-order valence-electron chi connectivity index (χ1n) is 6.02. The Bertz CT molecular complexity index is 555. The highest BCUT2D eigenvalue weighted by Crippen LogP contribution is 2.29. The second-order valence-corrected chi connectivity index (χ2v) is 4.64. The highest BCUT2D eigenvalue weighted by atomic mass is 19.4. The number of fused-ring (bicyclic) bond motifs is 1. The van der Waals surface area contributed by atoms with Crippen molar-refractivity contribution in [3.8, 4) is 0 Å². The number of hydrogen-bond acceptors (Lipinski definition) is 2. The third-order valence-electron chi connectivity index (χ3n) is 3.07. The molecule has 108 valence electrons. The lowest BCUT2D eigenvalue weighted by Crippen LogP contribution is -2.31. The summed E-state index contributed by atoms with van der Waals surface area (Å²) in [7, 11) is 1.64. The van der Waals surface area contributed by atoms with Crippen LogP contribution in [-0.4, -0.2) is 25.0 Å². The van der Waals surface area contributed by atoms with Crippen LogP contribution >= 0.6 is 0 Å². The molecule has 1 heterocycles. The first-order valence-corrected chi connectivity index (χ1v) is 6.02. The molecule has 0 fully saturated rings. The van der Waals surface area contributed by atoms with E-state index in [1.807, 2.05) is 0 Å². The van der Waals surface area contributed by atoms with Gasteiger partial charge >= 0.3 is 6.18 Å². The molecule has 0 spiro atoms. The van der Waals surface area contributed by atoms with Crippen LogP contribution in [-0.2, 0) is 16.0 Å². The van der Waals surface area contributed by atoms with E-state index < -0.39 is 18.5 Å². The predicted molar refractivity (Wildman–Crippen MR) is 67.5 cm³/mol. The molecule has 0 atom stereocenters. The van der Waals surface area contributed by atoms with Gasteiger partial charge in [0.25, 0.3) is 0 Å². The Morgan fingerprint density at radius 1 is 1.35 bits per heavy atom. The highest BCUT2D eigenvalue weighted by Gasteiger charge is 2.31. The SMILES string of the molecule is CN1C(=O)CCc2cc(NC(=O)CC(F)(F)F)ccc21. The van der Waals surface area contributed by atoms with E-state index in [1.54, 1.807) is 19.2 Å². The van der Waals surface area contributed by atoms with Crippen molar-refractivity contribution >= 4 is 23.2 Å². The van der Waals surface area contributed by atoms with Gasteiger partial charge in [-0.1, -0.05) is 0 Å². The van der Waals surface area contributed by atoms with Gasteiger partial charge in [0.2, 0.25) is 11.8 Å². The van der Waals surface area contributed by atoms with Crippen molar-refractivity contribution < 1.29 is 22.8 Å². The van der Waals surface area contributed by atoms with Crippen LogP contribution in [0.25, 0.3) is 0 Å². The molecule has 7 heteroatoms. The largest absolute Gasteiger partial charge is 0.397 e. The number of carbonyl (C=O) groups is 2. The average Bonchev–Trinajstić information content (AvgIpc) is 2.31. The second kappa shape index (κ2) is 5.15. The average molecular weight is 286 g/mol. The number of nitrogens with zero attached hydrogens (tertiary/aromatic N) is 1. The Morgan fingerprint density at radius 2 is 2.05 bits per heavy atom. The van der Waals surface area contributed by atoms with Gasteiger partial charge in [-0.15, -0.1) is 0 Å². The van der Waals surface area contributed by atoms with Gasteiger partial charge in [0.1, 0.15) is 6.42 Å². The van der Waals surface area contributed by atoms with Gasteiger partial charge in [-0.2, -0.15) is 13.2 Å². The smallest absolute Gasteiger partial charge is 0.326 e. The molecule has 0 bridgehead atoms. The predicted octanol–water partition coefficient (Wildman–Crippen LogP) is 2.49. The van der Waals surface area contributed by atoms with Crippen molar-refractivity contribution in [2.75, 3.05) is 17.3 Å². The van der Waals surface area contributed by atoms with Gasteiger partial charge < -0.3 is 10.2 Å². The van der Waals surface area contributed by atoms with E-state index in [2.05, 4.69) is 5.32 Å². The van der Waals surface area contributed by atoms with Crippen LogP contribution in [0.4, 0.5) is 24.5 Å². The molecule has 20 heavy (non-hydrogen) atoms. The van der Waals surface area contributed by atoms with Gasteiger partial charge in [-0.25, -0.2) is 0 Å². The van der Waals surface area contributed by atoms with Crippen LogP contribution in [0.5, 0.6) is 0 Å². The van der Waals surface area contributed by atoms with E-state index in [4.69, 9.17) is 0 Å². The summed E-state index contributed by atoms with van der Waals surface area (Å²) in [5, 5.41) is 2.21. The minimum atomic E-state index is -4.52. The second-order valence-electron chi connectivity index (χ2n) is 4.64. The zero-order valence-electron chi connectivity index (χ0n) is 10.8. The number of nitrogens with one attached hydrogen (secondary N) is 1. The Balaban J connectivity index is 2.12. The number of rotatable bonds is 2. The van der Waals surface area contributed by atoms with E-state index in [0.29, 0.717) is 18.5 Å². The highest BCUT2D eigenvalue weighted by molar-refractivity contribution is 5.97. The summed E-state index contributed by atoms with van der Waals surface area (Å²) in [6.07, 6.45) is -5.17. The molecule has 0 radical (unpaired) electrons. The van der Waals surface area contributed by atoms with Crippen molar-refractivity contribution in [2.45, 2.75) is 25.4 Å². The molecule has 0 saturated carbocycles. The third kappa shape index (κ3) is 3.28. The summed E-state index contributed by atoms with van der Waals surface area (Å²) in [6.45, 7) is 0. The molecule has 1 aromatic rings. The van der Waals surface area contributed by atoms with E-state index in [0.717, 1.165) is 11.3 Å². The van der Waals surface area contributed by atoms with Crippen molar-refractivity contribution in [2.24, 2.45) is 0 Å². The van der Waals surface area contributed by atoms with Crippen LogP contribution in [0.1, 0.15) is 18.4 Å². The molecular weight excluding hydrogens is 273 g/mol. The Kier molecular flexibility index (Phi) is 3.69. The first kappa shape index (κ1) is 14.4. The molecule has 1 aliphatic heterocycles. The van der Waals surface area contributed by atoms with E-state index in [-0.39, 0.29) is 5.91 Å². The zero-order chi connectivity index (χ0) is 14.9. The lowest BCUT2D eigenvalue weighted by Gasteiger charge is -2.26. The minimum absolute atomic E-state index is 0.00800. The lowest BCUT2D eigenvalue weighted by atomic mass is 10.0. The van der Waals surface area contributed by atoms with Crippen LogP contribution in [0.2, 0.25) is 0 Å². The van der Waals surface area contributed by atoms with E-state index in [9.17, 15) is 22.8 Å². The molecule has 0 saturated heterocycles. The molecule has 1 N–H and O–H groups in total. The number of carbonyl (C=O) groups excluding carboxylic acids is 2. The van der Waals surface area contributed by atoms with Crippen LogP contribution < -0.4 is 10.2 Å². The summed E-state index contributed by atoms with van der Waals surface area (Å²) in [5.41, 5.74) is 1.85. The number of aryl methyl sites for hydroxylation is 1. The summed E-state index contributed by atoms with van der Waals surface area (Å²) in [6, 6.07) is 4.71. The maximum absolute atomic E-state index is 12.1. The summed E-state index contributed by atoms with van der Waals surface area (Å²) in [5.74, 6) is -1.11. The third-order valence-corrected chi connectivity index (χ3v) is 3.07. The van der Waals surface area contributed by atoms with E-state index in [1.165, 1.54) is 11.0 Å². The maximum atomic E-state index is 12.1. The summed E-state index contributed by atoms with van der Waals surface area (Å²) >= 11 is 0. The normalized spacial score (nSPS) is 15.0. The van der Waals surface area contributed by atoms with Gasteiger partial charge in [-0.3, -0.25) is 9.59 Å². The molecule has 2 amide bonds. The molecule has 0 unspecified atom stereocenters. The topological polar surface area (TPSA) is 49.4 Å². The molecular formula is C13H13F3N2O2. The molecule has 1 aromatic carbocycles. The van der Waals surface area contributed by atoms with Crippen LogP contribution in [0.15, 0.2) is 18.2 Å². The maximum Gasteiger partial charge on any atom is 0.397 e. The fourth-order valence-corrected chi connectivity index (χ4v) is 2.12. The standard InChI is InChI=1S/C13H13F3N2O2/c1-18-10-4-3-9(6-8(10)2-5-12(18)20)17-11(19)7-13(14,15)16/h3-4,6H,2,5,7H2,1H3,(H,17,19). The van der Waals surface area contributed by atoms with Crippen molar-refractivity contribution in [1.82, 2.24) is 0 Å². The number of alkyl halides is 3. The Labute approximate surface area is 113 Å². The number of amides is 2. The van der Waals surface area contributed by atoms with Crippen molar-refractivity contribution in [3.63, 3.8) is 0 Å². The fourth-order valence-electron chi connectivity index (χ4n) is 2.12. The number of benzene rings is 1. The van der Waals surface area contributed by atoms with Gasteiger partial charge in [0, 0.05) is 24.8 Å². The van der Waals surface area contributed by atoms with Gasteiger partial charge in [0.05, 0.1) is 0 Å². The summed E-state index contributed by atoms with van der Waals surface area (Å²) < 4.78 is 36.2. The molecule has 1 aliphatic rings. The fraction of sp³-hybridized carbons (Fsp3) is 0.385. The number of hydrogen-bond donors (Lipinski definition) is 1. The summed E-state index contributed by atoms with van der Waals surface area (Å²) in [4.78, 5) is 24.2. The van der Waals surface area contributed by atoms with Crippen LogP contribution in [0, 0.1) is 0 Å². The Morgan fingerprint density at radius 3 is 2.70 bits per heavy atom. The minimum Gasteiger partial charge on any atom is -0.326 e. The zero-order valence-corrected chi connectivity index (χ0v) is 10.8. The van der Waals surface area contributed by atoms with Crippen molar-refractivity contribution in [1.29, 1.82) is 0 Å². The first-order chi connectivity index (χ1) is 9.26. The quantitative estimate of drug-likeness (QED) is 0.908. The molecule has 0 aliphatic carbocycles. The lowest BCUT2D eigenvalue weighted by molar-refractivity contribution is -0.150. The van der Waals surface area contributed by atoms with Crippen molar-refractivity contribution in [3.05, 3.63) is 23.8 Å².